The molecule has 5 heteroatoms. The highest BCUT2D eigenvalue weighted by molar-refractivity contribution is 5.09. The molecule has 2 N–H and O–H groups in total. The molecule has 1 aromatic rings. The molecule has 1 fully saturated rings. The summed E-state index contributed by atoms with van der Waals surface area (Å²) < 4.78 is 11.1. The molecule has 1 aliphatic heterocycles. The minimum absolute atomic E-state index is 0.189. The Morgan fingerprint density at radius 2 is 2.17 bits per heavy atom. The van der Waals surface area contributed by atoms with Crippen LogP contribution in [-0.4, -0.2) is 22.3 Å². The van der Waals surface area contributed by atoms with E-state index in [2.05, 4.69) is 24.0 Å². The molecule has 1 aliphatic rings. The van der Waals surface area contributed by atoms with Gasteiger partial charge >= 0.3 is 0 Å². The summed E-state index contributed by atoms with van der Waals surface area (Å²) in [6.45, 7) is 8.91. The van der Waals surface area contributed by atoms with Gasteiger partial charge in [-0.3, -0.25) is 0 Å². The Morgan fingerprint density at radius 3 is 2.72 bits per heavy atom. The molecule has 2 rings (SSSR count). The van der Waals surface area contributed by atoms with Gasteiger partial charge in [0.05, 0.1) is 11.1 Å². The third kappa shape index (κ3) is 2.42. The monoisotopic (exact) mass is 253 g/mol. The van der Waals surface area contributed by atoms with Crippen molar-refractivity contribution in [3.8, 4) is 0 Å². The van der Waals surface area contributed by atoms with Crippen LogP contribution in [-0.2, 0) is 10.3 Å². The van der Waals surface area contributed by atoms with E-state index in [-0.39, 0.29) is 11.5 Å². The summed E-state index contributed by atoms with van der Waals surface area (Å²) in [5.74, 6) is 1.50. The van der Waals surface area contributed by atoms with Crippen molar-refractivity contribution in [1.29, 1.82) is 0 Å². The smallest absolute Gasteiger partial charge is 0.229 e. The second kappa shape index (κ2) is 4.63. The summed E-state index contributed by atoms with van der Waals surface area (Å²) in [7, 11) is 0. The van der Waals surface area contributed by atoms with E-state index >= 15 is 0 Å². The van der Waals surface area contributed by atoms with Crippen LogP contribution in [0.2, 0.25) is 0 Å². The molecule has 2 heterocycles. The highest BCUT2D eigenvalue weighted by atomic mass is 16.5. The van der Waals surface area contributed by atoms with Crippen LogP contribution in [0.15, 0.2) is 4.52 Å². The number of rotatable bonds is 3. The van der Waals surface area contributed by atoms with Crippen LogP contribution in [0.1, 0.15) is 64.6 Å². The normalized spacial score (nSPS) is 33.0. The zero-order chi connectivity index (χ0) is 13.4. The predicted molar refractivity (Wildman–Crippen MR) is 68.1 cm³/mol. The Kier molecular flexibility index (Phi) is 3.47. The van der Waals surface area contributed by atoms with Crippen molar-refractivity contribution in [3.05, 3.63) is 11.7 Å². The number of ether oxygens (including phenoxy) is 1. The molecule has 0 saturated carbocycles. The van der Waals surface area contributed by atoms with Crippen molar-refractivity contribution in [1.82, 2.24) is 10.1 Å². The fourth-order valence-corrected chi connectivity index (χ4v) is 2.38. The quantitative estimate of drug-likeness (QED) is 0.894. The maximum absolute atomic E-state index is 6.48. The molecule has 18 heavy (non-hydrogen) atoms. The summed E-state index contributed by atoms with van der Waals surface area (Å²) in [4.78, 5) is 4.45. The van der Waals surface area contributed by atoms with Gasteiger partial charge in [0.25, 0.3) is 0 Å². The van der Waals surface area contributed by atoms with Gasteiger partial charge in [-0.1, -0.05) is 25.9 Å². The molecule has 2 atom stereocenters. The molecule has 0 spiro atoms. The summed E-state index contributed by atoms with van der Waals surface area (Å²) in [6, 6.07) is 0. The lowest BCUT2D eigenvalue weighted by Gasteiger charge is -2.42. The van der Waals surface area contributed by atoms with Gasteiger partial charge in [-0.2, -0.15) is 4.98 Å². The molecule has 0 bridgehead atoms. The van der Waals surface area contributed by atoms with E-state index in [9.17, 15) is 0 Å². The van der Waals surface area contributed by atoms with E-state index < -0.39 is 5.54 Å². The second-order valence-corrected chi connectivity index (χ2v) is 5.85. The van der Waals surface area contributed by atoms with Gasteiger partial charge in [0.15, 0.2) is 5.82 Å². The maximum Gasteiger partial charge on any atom is 0.229 e. The van der Waals surface area contributed by atoms with Crippen molar-refractivity contribution < 1.29 is 9.26 Å². The first-order chi connectivity index (χ1) is 8.38. The zero-order valence-electron chi connectivity index (χ0n) is 11.7. The van der Waals surface area contributed by atoms with Gasteiger partial charge in [-0.15, -0.1) is 0 Å². The van der Waals surface area contributed by atoms with E-state index in [4.69, 9.17) is 15.0 Å². The van der Waals surface area contributed by atoms with Crippen LogP contribution in [0, 0.1) is 0 Å². The molecule has 102 valence electrons. The topological polar surface area (TPSA) is 74.2 Å². The van der Waals surface area contributed by atoms with Crippen molar-refractivity contribution in [2.45, 2.75) is 64.0 Å². The zero-order valence-corrected chi connectivity index (χ0v) is 11.7. The molecule has 0 aromatic carbocycles. The van der Waals surface area contributed by atoms with E-state index in [1.165, 1.54) is 0 Å². The summed E-state index contributed by atoms with van der Waals surface area (Å²) in [5, 5.41) is 4.07. The Balaban J connectivity index is 2.24. The molecule has 5 nitrogen and oxygen atoms in total. The number of nitrogens with zero attached hydrogens (tertiary/aromatic N) is 2. The second-order valence-electron chi connectivity index (χ2n) is 5.85. The molecule has 0 amide bonds. The van der Waals surface area contributed by atoms with Crippen molar-refractivity contribution in [2.75, 3.05) is 6.61 Å². The molecule has 0 radical (unpaired) electrons. The van der Waals surface area contributed by atoms with Gasteiger partial charge in [0.2, 0.25) is 5.89 Å². The van der Waals surface area contributed by atoms with Crippen molar-refractivity contribution in [2.24, 2.45) is 5.73 Å². The number of hydrogen-bond acceptors (Lipinski definition) is 5. The molecular weight excluding hydrogens is 230 g/mol. The number of aromatic nitrogens is 2. The molecule has 1 saturated heterocycles. The summed E-state index contributed by atoms with van der Waals surface area (Å²) in [5.41, 5.74) is 5.76. The molecule has 2 unspecified atom stereocenters. The maximum atomic E-state index is 6.48. The third-order valence-electron chi connectivity index (χ3n) is 3.82. The van der Waals surface area contributed by atoms with Crippen LogP contribution in [0.3, 0.4) is 0 Å². The first-order valence-corrected chi connectivity index (χ1v) is 6.65. The molecule has 1 aromatic heterocycles. The highest BCUT2D eigenvalue weighted by Gasteiger charge is 2.44. The van der Waals surface area contributed by atoms with Crippen LogP contribution in [0.4, 0.5) is 0 Å². The standard InChI is InChI=1S/C13H23N3O2/c1-5-12(4)8-13(14,6-7-17-12)11-15-10(9(2)3)18-16-11/h9H,5-8,14H2,1-4H3. The van der Waals surface area contributed by atoms with Gasteiger partial charge in [0.1, 0.15) is 0 Å². The van der Waals surface area contributed by atoms with E-state index in [0.717, 1.165) is 19.3 Å². The Morgan fingerprint density at radius 1 is 1.44 bits per heavy atom. The lowest BCUT2D eigenvalue weighted by atomic mass is 9.79. The van der Waals surface area contributed by atoms with Crippen LogP contribution in [0.25, 0.3) is 0 Å². The average Bonchev–Trinajstić information content (AvgIpc) is 2.79. The minimum atomic E-state index is -0.528. The first-order valence-electron chi connectivity index (χ1n) is 6.65. The Bertz CT molecular complexity index is 418. The van der Waals surface area contributed by atoms with Gasteiger partial charge in [-0.25, -0.2) is 0 Å². The fraction of sp³-hybridized carbons (Fsp3) is 0.846. The number of nitrogens with two attached hydrogens (primary N) is 1. The third-order valence-corrected chi connectivity index (χ3v) is 3.82. The fourth-order valence-electron chi connectivity index (χ4n) is 2.38. The SMILES string of the molecule is CCC1(C)CC(N)(c2noc(C(C)C)n2)CCO1. The van der Waals surface area contributed by atoms with Crippen molar-refractivity contribution in [3.63, 3.8) is 0 Å². The summed E-state index contributed by atoms with van der Waals surface area (Å²) in [6.07, 6.45) is 2.40. The lowest BCUT2D eigenvalue weighted by molar-refractivity contribution is -0.0973. The Labute approximate surface area is 108 Å². The Hall–Kier alpha value is -0.940. The largest absolute Gasteiger partial charge is 0.375 e. The number of hydrogen-bond donors (Lipinski definition) is 1. The van der Waals surface area contributed by atoms with Crippen molar-refractivity contribution >= 4 is 0 Å². The predicted octanol–water partition coefficient (Wildman–Crippen LogP) is 2.33. The molecular formula is C13H23N3O2. The van der Waals surface area contributed by atoms with Gasteiger partial charge in [0, 0.05) is 18.9 Å². The van der Waals surface area contributed by atoms with E-state index in [1.807, 2.05) is 13.8 Å². The highest BCUT2D eigenvalue weighted by Crippen LogP contribution is 2.38. The summed E-state index contributed by atoms with van der Waals surface area (Å²) >= 11 is 0. The van der Waals surface area contributed by atoms with Gasteiger partial charge in [-0.05, 0) is 19.8 Å². The van der Waals surface area contributed by atoms with Gasteiger partial charge < -0.3 is 15.0 Å². The van der Waals surface area contributed by atoms with E-state index in [1.54, 1.807) is 0 Å². The van der Waals surface area contributed by atoms with Crippen LogP contribution >= 0.6 is 0 Å². The van der Waals surface area contributed by atoms with Crippen LogP contribution in [0.5, 0.6) is 0 Å². The van der Waals surface area contributed by atoms with E-state index in [0.29, 0.717) is 18.3 Å². The molecule has 0 aliphatic carbocycles. The first kappa shape index (κ1) is 13.5. The van der Waals surface area contributed by atoms with Crippen LogP contribution < -0.4 is 5.73 Å². The minimum Gasteiger partial charge on any atom is -0.375 e. The lowest BCUT2D eigenvalue weighted by Crippen LogP contribution is -2.51. The average molecular weight is 253 g/mol.